The molecule has 1 aromatic carbocycles. The highest BCUT2D eigenvalue weighted by Crippen LogP contribution is 2.21. The summed E-state index contributed by atoms with van der Waals surface area (Å²) in [7, 11) is 0. The van der Waals surface area contributed by atoms with Crippen LogP contribution in [0, 0.1) is 24.0 Å². The molecule has 16 heavy (non-hydrogen) atoms. The Morgan fingerprint density at radius 2 is 2.00 bits per heavy atom. The van der Waals surface area contributed by atoms with Crippen molar-refractivity contribution in [3.63, 3.8) is 0 Å². The molecule has 0 amide bonds. The van der Waals surface area contributed by atoms with Gasteiger partial charge in [-0.05, 0) is 24.1 Å². The molecule has 0 fully saturated rings. The summed E-state index contributed by atoms with van der Waals surface area (Å²) in [5.74, 6) is -0.371. The Bertz CT molecular complexity index is 389. The lowest BCUT2D eigenvalue weighted by molar-refractivity contribution is 0.395. The maximum Gasteiger partial charge on any atom is 0.187 e. The summed E-state index contributed by atoms with van der Waals surface area (Å²) < 4.78 is 25.9. The minimum Gasteiger partial charge on any atom is -0.503 e. The first-order valence-corrected chi connectivity index (χ1v) is 4.94. The van der Waals surface area contributed by atoms with Crippen molar-refractivity contribution in [2.24, 2.45) is 0 Å². The van der Waals surface area contributed by atoms with E-state index in [0.29, 0.717) is 5.56 Å². The fourth-order valence-corrected chi connectivity index (χ4v) is 1.28. The fraction of sp³-hybridized carbons (Fsp3) is 0.333. The lowest BCUT2D eigenvalue weighted by Crippen LogP contribution is -2.26. The number of rotatable bonds is 4. The fourth-order valence-electron chi connectivity index (χ4n) is 1.28. The first-order valence-electron chi connectivity index (χ1n) is 4.94. The first-order chi connectivity index (χ1) is 7.58. The van der Waals surface area contributed by atoms with E-state index >= 15 is 0 Å². The van der Waals surface area contributed by atoms with E-state index in [2.05, 4.69) is 11.2 Å². The summed E-state index contributed by atoms with van der Waals surface area (Å²) >= 11 is 0. The molecule has 86 valence electrons. The molecule has 2 nitrogen and oxygen atoms in total. The molecule has 0 bridgehead atoms. The highest BCUT2D eigenvalue weighted by Gasteiger charge is 2.10. The second-order valence-electron chi connectivity index (χ2n) is 3.42. The monoisotopic (exact) mass is 225 g/mol. The molecular formula is C12H13F2NO. The minimum absolute atomic E-state index is 0.125. The normalized spacial score (nSPS) is 12.1. The van der Waals surface area contributed by atoms with E-state index in [0.717, 1.165) is 18.6 Å². The summed E-state index contributed by atoms with van der Waals surface area (Å²) in [6.07, 6.45) is 5.97. The molecule has 0 radical (unpaired) electrons. The SMILES string of the molecule is C#CC(CC)NCc1cc(F)c(O)c(F)c1. The molecule has 1 aromatic rings. The Hall–Kier alpha value is -1.60. The van der Waals surface area contributed by atoms with Crippen molar-refractivity contribution in [2.45, 2.75) is 25.9 Å². The van der Waals surface area contributed by atoms with Crippen LogP contribution in [-0.2, 0) is 6.54 Å². The van der Waals surface area contributed by atoms with Gasteiger partial charge in [0, 0.05) is 6.54 Å². The zero-order chi connectivity index (χ0) is 12.1. The summed E-state index contributed by atoms with van der Waals surface area (Å²) in [6.45, 7) is 2.17. The molecule has 1 rings (SSSR count). The van der Waals surface area contributed by atoms with Crippen LogP contribution < -0.4 is 5.32 Å². The van der Waals surface area contributed by atoms with Crippen molar-refractivity contribution in [1.82, 2.24) is 5.32 Å². The van der Waals surface area contributed by atoms with Gasteiger partial charge in [-0.3, -0.25) is 5.32 Å². The number of benzene rings is 1. The van der Waals surface area contributed by atoms with Crippen LogP contribution in [0.5, 0.6) is 5.75 Å². The average molecular weight is 225 g/mol. The first kappa shape index (κ1) is 12.5. The van der Waals surface area contributed by atoms with Crippen molar-refractivity contribution in [2.75, 3.05) is 0 Å². The Morgan fingerprint density at radius 1 is 1.44 bits per heavy atom. The van der Waals surface area contributed by atoms with Crippen LogP contribution in [-0.4, -0.2) is 11.1 Å². The third kappa shape index (κ3) is 2.94. The molecule has 1 unspecified atom stereocenters. The number of hydrogen-bond donors (Lipinski definition) is 2. The number of aromatic hydroxyl groups is 1. The molecule has 0 spiro atoms. The second kappa shape index (κ2) is 5.47. The molecule has 0 saturated heterocycles. The van der Waals surface area contributed by atoms with Gasteiger partial charge in [-0.1, -0.05) is 12.8 Å². The van der Waals surface area contributed by atoms with E-state index in [1.807, 2.05) is 6.92 Å². The quantitative estimate of drug-likeness (QED) is 0.770. The number of phenols is 1. The second-order valence-corrected chi connectivity index (χ2v) is 3.42. The molecule has 0 saturated carbocycles. The number of hydrogen-bond acceptors (Lipinski definition) is 2. The summed E-state index contributed by atoms with van der Waals surface area (Å²) in [5.41, 5.74) is 0.404. The van der Waals surface area contributed by atoms with Crippen molar-refractivity contribution >= 4 is 0 Å². The van der Waals surface area contributed by atoms with Gasteiger partial charge in [-0.25, -0.2) is 8.78 Å². The maximum absolute atomic E-state index is 13.0. The lowest BCUT2D eigenvalue weighted by atomic mass is 10.1. The maximum atomic E-state index is 13.0. The van der Waals surface area contributed by atoms with E-state index in [4.69, 9.17) is 11.5 Å². The molecule has 0 aliphatic rings. The third-order valence-corrected chi connectivity index (χ3v) is 2.24. The van der Waals surface area contributed by atoms with Gasteiger partial charge in [0.15, 0.2) is 17.4 Å². The molecular weight excluding hydrogens is 212 g/mol. The number of phenolic OH excluding ortho intramolecular Hbond substituents is 1. The Labute approximate surface area is 93.3 Å². The van der Waals surface area contributed by atoms with Crippen LogP contribution in [0.25, 0.3) is 0 Å². The van der Waals surface area contributed by atoms with Crippen molar-refractivity contribution < 1.29 is 13.9 Å². The minimum atomic E-state index is -0.967. The van der Waals surface area contributed by atoms with Gasteiger partial charge in [-0.15, -0.1) is 6.42 Å². The number of nitrogens with one attached hydrogen (secondary N) is 1. The van der Waals surface area contributed by atoms with Crippen LogP contribution in [0.2, 0.25) is 0 Å². The van der Waals surface area contributed by atoms with E-state index < -0.39 is 17.4 Å². The molecule has 1 atom stereocenters. The van der Waals surface area contributed by atoms with Crippen molar-refractivity contribution in [3.8, 4) is 18.1 Å². The van der Waals surface area contributed by atoms with E-state index in [1.165, 1.54) is 0 Å². The molecule has 0 heterocycles. The Kier molecular flexibility index (Phi) is 4.27. The number of halogens is 2. The average Bonchev–Trinajstić information content (AvgIpc) is 2.27. The number of terminal acetylenes is 1. The van der Waals surface area contributed by atoms with Crippen molar-refractivity contribution in [1.29, 1.82) is 0 Å². The molecule has 0 aliphatic carbocycles. The third-order valence-electron chi connectivity index (χ3n) is 2.24. The Morgan fingerprint density at radius 3 is 2.44 bits per heavy atom. The largest absolute Gasteiger partial charge is 0.503 e. The van der Waals surface area contributed by atoms with Crippen LogP contribution in [0.15, 0.2) is 12.1 Å². The van der Waals surface area contributed by atoms with Crippen molar-refractivity contribution in [3.05, 3.63) is 29.3 Å². The van der Waals surface area contributed by atoms with Gasteiger partial charge in [0.1, 0.15) is 0 Å². The molecule has 2 N–H and O–H groups in total. The van der Waals surface area contributed by atoms with Gasteiger partial charge in [0.05, 0.1) is 6.04 Å². The van der Waals surface area contributed by atoms with Crippen LogP contribution in [0.4, 0.5) is 8.78 Å². The van der Waals surface area contributed by atoms with Gasteiger partial charge >= 0.3 is 0 Å². The van der Waals surface area contributed by atoms with Crippen LogP contribution >= 0.6 is 0 Å². The summed E-state index contributed by atoms with van der Waals surface area (Å²) in [5, 5.41) is 11.9. The summed E-state index contributed by atoms with van der Waals surface area (Å²) in [6, 6.07) is 2.03. The van der Waals surface area contributed by atoms with Gasteiger partial charge in [-0.2, -0.15) is 0 Å². The highest BCUT2D eigenvalue weighted by molar-refractivity contribution is 5.30. The van der Waals surface area contributed by atoms with E-state index in [9.17, 15) is 8.78 Å². The lowest BCUT2D eigenvalue weighted by Gasteiger charge is -2.11. The molecule has 4 heteroatoms. The predicted molar refractivity (Wildman–Crippen MR) is 57.8 cm³/mol. The van der Waals surface area contributed by atoms with E-state index in [1.54, 1.807) is 0 Å². The standard InChI is InChI=1S/C12H13F2NO/c1-3-9(4-2)15-7-8-5-10(13)12(16)11(14)6-8/h1,5-6,9,15-16H,4,7H2,2H3. The van der Waals surface area contributed by atoms with Crippen LogP contribution in [0.1, 0.15) is 18.9 Å². The molecule has 0 aliphatic heterocycles. The van der Waals surface area contributed by atoms with Gasteiger partial charge in [0.25, 0.3) is 0 Å². The smallest absolute Gasteiger partial charge is 0.187 e. The molecule has 0 aromatic heterocycles. The topological polar surface area (TPSA) is 32.3 Å². The van der Waals surface area contributed by atoms with Gasteiger partial charge < -0.3 is 5.11 Å². The van der Waals surface area contributed by atoms with Crippen LogP contribution in [0.3, 0.4) is 0 Å². The summed E-state index contributed by atoms with van der Waals surface area (Å²) in [4.78, 5) is 0. The zero-order valence-corrected chi connectivity index (χ0v) is 8.93. The van der Waals surface area contributed by atoms with Gasteiger partial charge in [0.2, 0.25) is 0 Å². The Balaban J connectivity index is 2.72. The van der Waals surface area contributed by atoms with E-state index in [-0.39, 0.29) is 12.6 Å². The predicted octanol–water partition coefficient (Wildman–Crippen LogP) is 2.17. The zero-order valence-electron chi connectivity index (χ0n) is 8.93. The highest BCUT2D eigenvalue weighted by atomic mass is 19.1.